The molecule has 3 heteroatoms. The number of nitrogens with zero attached hydrogens (tertiary/aromatic N) is 1. The second-order valence-corrected chi connectivity index (χ2v) is 4.04. The molecule has 1 aliphatic rings. The van der Waals surface area contributed by atoms with Gasteiger partial charge in [-0.05, 0) is 32.6 Å². The van der Waals surface area contributed by atoms with Crippen molar-refractivity contribution < 1.29 is 4.79 Å². The third-order valence-corrected chi connectivity index (χ3v) is 3.00. The first-order valence-corrected chi connectivity index (χ1v) is 5.49. The number of hydrogen-bond acceptors (Lipinski definition) is 1. The summed E-state index contributed by atoms with van der Waals surface area (Å²) < 4.78 is 0. The minimum atomic E-state index is -0.288. The van der Waals surface area contributed by atoms with Crippen molar-refractivity contribution in [2.45, 2.75) is 26.7 Å². The molecule has 15 heavy (non-hydrogen) atoms. The number of piperidine rings is 1. The molecule has 0 unspecified atom stereocenters. The number of allylic oxidation sites excluding steroid dienone is 4. The van der Waals surface area contributed by atoms with Crippen LogP contribution in [0.2, 0.25) is 0 Å². The van der Waals surface area contributed by atoms with Crippen molar-refractivity contribution in [1.82, 2.24) is 4.90 Å². The maximum Gasteiger partial charge on any atom is 0.200 e. The highest BCUT2D eigenvalue weighted by atomic mass is 16.1. The lowest BCUT2D eigenvalue weighted by molar-refractivity contribution is 0.198. The van der Waals surface area contributed by atoms with Crippen LogP contribution in [0.15, 0.2) is 23.8 Å². The highest BCUT2D eigenvalue weighted by Crippen LogP contribution is 2.24. The van der Waals surface area contributed by atoms with Crippen LogP contribution in [0.4, 0.5) is 4.79 Å². The predicted octanol–water partition coefficient (Wildman–Crippen LogP) is 2.51. The molecule has 0 N–H and O–H groups in total. The quantitative estimate of drug-likeness (QED) is 0.498. The van der Waals surface area contributed by atoms with E-state index in [-0.39, 0.29) is 5.81 Å². The fraction of sp³-hybridized carbons (Fsp3) is 0.583. The minimum absolute atomic E-state index is 0.288. The number of hydrogen-bond donors (Lipinski definition) is 0. The molecule has 1 aliphatic heterocycles. The van der Waals surface area contributed by atoms with Gasteiger partial charge in [0.1, 0.15) is 0 Å². The summed E-state index contributed by atoms with van der Waals surface area (Å²) in [5.74, 6) is 0.320. The van der Waals surface area contributed by atoms with Gasteiger partial charge in [-0.15, -0.1) is 0 Å². The first-order valence-electron chi connectivity index (χ1n) is 5.49. The van der Waals surface area contributed by atoms with Crippen LogP contribution in [-0.4, -0.2) is 31.6 Å². The number of likely N-dealkylation sites (tertiary alicyclic amines) is 1. The van der Waals surface area contributed by atoms with Gasteiger partial charge in [0.05, 0.1) is 0 Å². The first-order chi connectivity index (χ1) is 7.15. The average Bonchev–Trinajstić information content (AvgIpc) is 2.26. The molecule has 0 aromatic heterocycles. The SMILES string of the molecule is [B]C(=O)N1CCC(C(C)=CC=CC)CC1. The van der Waals surface area contributed by atoms with E-state index in [1.807, 2.05) is 13.0 Å². The van der Waals surface area contributed by atoms with Crippen LogP contribution in [0, 0.1) is 5.92 Å². The Kier molecular flexibility index (Phi) is 4.66. The Labute approximate surface area is 93.4 Å². The van der Waals surface area contributed by atoms with Gasteiger partial charge in [0.25, 0.3) is 0 Å². The molecule has 2 radical (unpaired) electrons. The summed E-state index contributed by atoms with van der Waals surface area (Å²) in [7, 11) is 5.23. The summed E-state index contributed by atoms with van der Waals surface area (Å²) in [4.78, 5) is 12.6. The molecule has 2 nitrogen and oxygen atoms in total. The first kappa shape index (κ1) is 12.1. The Morgan fingerprint density at radius 1 is 1.40 bits per heavy atom. The van der Waals surface area contributed by atoms with E-state index in [0.717, 1.165) is 25.9 Å². The van der Waals surface area contributed by atoms with Crippen molar-refractivity contribution in [2.75, 3.05) is 13.1 Å². The van der Waals surface area contributed by atoms with E-state index in [1.54, 1.807) is 4.90 Å². The summed E-state index contributed by atoms with van der Waals surface area (Å²) in [6.45, 7) is 5.76. The highest BCUT2D eigenvalue weighted by Gasteiger charge is 2.20. The largest absolute Gasteiger partial charge is 0.353 e. The molecule has 1 rings (SSSR count). The standard InChI is InChI=1S/C12H18BNO/c1-3-4-5-10(2)11-6-8-14(9-7-11)12(13)15/h3-5,11H,6-9H2,1-2H3. The molecule has 0 bridgehead atoms. The van der Waals surface area contributed by atoms with E-state index in [0.29, 0.717) is 5.92 Å². The van der Waals surface area contributed by atoms with Crippen molar-refractivity contribution >= 4 is 13.7 Å². The van der Waals surface area contributed by atoms with E-state index in [2.05, 4.69) is 19.1 Å². The maximum atomic E-state index is 10.9. The molecule has 0 aliphatic carbocycles. The topological polar surface area (TPSA) is 20.3 Å². The Hall–Kier alpha value is -0.985. The van der Waals surface area contributed by atoms with Crippen LogP contribution < -0.4 is 0 Å². The van der Waals surface area contributed by atoms with Gasteiger partial charge in [0.15, 0.2) is 5.81 Å². The van der Waals surface area contributed by atoms with Crippen molar-refractivity contribution in [3.05, 3.63) is 23.8 Å². The van der Waals surface area contributed by atoms with E-state index in [4.69, 9.17) is 7.85 Å². The van der Waals surface area contributed by atoms with Gasteiger partial charge in [-0.1, -0.05) is 23.8 Å². The van der Waals surface area contributed by atoms with E-state index in [1.165, 1.54) is 5.57 Å². The number of carbonyl (C=O) groups excluding carboxylic acids is 1. The fourth-order valence-electron chi connectivity index (χ4n) is 1.94. The molecule has 0 spiro atoms. The van der Waals surface area contributed by atoms with Gasteiger partial charge in [-0.25, -0.2) is 0 Å². The second-order valence-electron chi connectivity index (χ2n) is 4.04. The summed E-state index contributed by atoms with van der Waals surface area (Å²) in [6, 6.07) is 0. The normalized spacial score (nSPS) is 19.9. The molecule has 80 valence electrons. The van der Waals surface area contributed by atoms with Crippen molar-refractivity contribution in [3.63, 3.8) is 0 Å². The number of rotatable bonds is 2. The Morgan fingerprint density at radius 2 is 2.00 bits per heavy atom. The molecule has 0 aromatic rings. The van der Waals surface area contributed by atoms with Crippen LogP contribution in [0.1, 0.15) is 26.7 Å². The summed E-state index contributed by atoms with van der Waals surface area (Å²) in [5.41, 5.74) is 1.40. The maximum absolute atomic E-state index is 10.9. The fourth-order valence-corrected chi connectivity index (χ4v) is 1.94. The molecule has 0 aromatic carbocycles. The third kappa shape index (κ3) is 3.58. The lowest BCUT2D eigenvalue weighted by Crippen LogP contribution is -2.37. The highest BCUT2D eigenvalue weighted by molar-refractivity contribution is 6.56. The van der Waals surface area contributed by atoms with Crippen LogP contribution in [-0.2, 0) is 0 Å². The molecule has 0 atom stereocenters. The molecule has 1 amide bonds. The van der Waals surface area contributed by atoms with E-state index in [9.17, 15) is 4.79 Å². The van der Waals surface area contributed by atoms with Gasteiger partial charge < -0.3 is 4.90 Å². The van der Waals surface area contributed by atoms with Crippen LogP contribution in [0.5, 0.6) is 0 Å². The van der Waals surface area contributed by atoms with Crippen molar-refractivity contribution in [2.24, 2.45) is 5.92 Å². The van der Waals surface area contributed by atoms with Crippen molar-refractivity contribution in [3.8, 4) is 0 Å². The van der Waals surface area contributed by atoms with Crippen LogP contribution >= 0.6 is 0 Å². The Morgan fingerprint density at radius 3 is 2.47 bits per heavy atom. The average molecular weight is 203 g/mol. The monoisotopic (exact) mass is 203 g/mol. The molecule has 1 saturated heterocycles. The zero-order chi connectivity index (χ0) is 11.3. The third-order valence-electron chi connectivity index (χ3n) is 3.00. The van der Waals surface area contributed by atoms with Crippen LogP contribution in [0.25, 0.3) is 0 Å². The van der Waals surface area contributed by atoms with Crippen molar-refractivity contribution in [1.29, 1.82) is 0 Å². The van der Waals surface area contributed by atoms with E-state index >= 15 is 0 Å². The molecule has 0 saturated carbocycles. The van der Waals surface area contributed by atoms with Gasteiger partial charge in [-0.3, -0.25) is 4.79 Å². The van der Waals surface area contributed by atoms with Gasteiger partial charge in [-0.2, -0.15) is 0 Å². The zero-order valence-corrected chi connectivity index (χ0v) is 9.57. The van der Waals surface area contributed by atoms with Gasteiger partial charge >= 0.3 is 0 Å². The van der Waals surface area contributed by atoms with Gasteiger partial charge in [0.2, 0.25) is 7.85 Å². The predicted molar refractivity (Wildman–Crippen MR) is 64.0 cm³/mol. The summed E-state index contributed by atoms with van der Waals surface area (Å²) in [6.07, 6.45) is 8.31. The van der Waals surface area contributed by atoms with E-state index < -0.39 is 0 Å². The molecule has 1 fully saturated rings. The smallest absolute Gasteiger partial charge is 0.200 e. The summed E-state index contributed by atoms with van der Waals surface area (Å²) in [5, 5.41) is 0. The van der Waals surface area contributed by atoms with Gasteiger partial charge in [0, 0.05) is 13.1 Å². The Bertz CT molecular complexity index is 275. The minimum Gasteiger partial charge on any atom is -0.353 e. The summed E-state index contributed by atoms with van der Waals surface area (Å²) >= 11 is 0. The number of carbonyl (C=O) groups is 1. The molecular formula is C12H18BNO. The number of amides is 1. The lowest BCUT2D eigenvalue weighted by atomic mass is 9.89. The van der Waals surface area contributed by atoms with Crippen LogP contribution in [0.3, 0.4) is 0 Å². The molecule has 1 heterocycles. The second kappa shape index (κ2) is 5.79. The zero-order valence-electron chi connectivity index (χ0n) is 9.57. The Balaban J connectivity index is 2.46. The molecular weight excluding hydrogens is 185 g/mol. The lowest BCUT2D eigenvalue weighted by Gasteiger charge is -2.32.